The number of nitrogens with zero attached hydrogens (tertiary/aromatic N) is 1. The molecule has 7 nitrogen and oxygen atoms in total. The summed E-state index contributed by atoms with van der Waals surface area (Å²) >= 11 is 0. The molecule has 0 saturated carbocycles. The molecule has 2 rings (SSSR count). The van der Waals surface area contributed by atoms with E-state index in [0.29, 0.717) is 5.06 Å². The first-order valence-corrected chi connectivity index (χ1v) is 7.57. The Bertz CT molecular complexity index is 636. The van der Waals surface area contributed by atoms with Crippen LogP contribution in [0.3, 0.4) is 0 Å². The molecule has 1 fully saturated rings. The van der Waals surface area contributed by atoms with E-state index in [2.05, 4.69) is 0 Å². The molecule has 0 radical (unpaired) electrons. The highest BCUT2D eigenvalue weighted by Gasteiger charge is 2.39. The zero-order valence-corrected chi connectivity index (χ0v) is 13.6. The van der Waals surface area contributed by atoms with Crippen LogP contribution in [0.2, 0.25) is 0 Å². The third-order valence-corrected chi connectivity index (χ3v) is 3.56. The first-order chi connectivity index (χ1) is 11.3. The fourth-order valence-corrected chi connectivity index (χ4v) is 2.09. The Kier molecular flexibility index (Phi) is 5.33. The van der Waals surface area contributed by atoms with E-state index in [-0.39, 0.29) is 25.9 Å². The van der Waals surface area contributed by atoms with Crippen molar-refractivity contribution >= 4 is 23.8 Å². The van der Waals surface area contributed by atoms with Crippen LogP contribution in [0.15, 0.2) is 30.3 Å². The van der Waals surface area contributed by atoms with Gasteiger partial charge in [0.1, 0.15) is 6.61 Å². The SMILES string of the molecule is CC(C)(CC(=O)OCc1ccccc1)C(=O)ON1C(=O)CCC1=O. The zero-order valence-electron chi connectivity index (χ0n) is 13.6. The third kappa shape index (κ3) is 4.41. The molecule has 0 unspecified atom stereocenters. The molecule has 0 atom stereocenters. The number of benzene rings is 1. The second-order valence-corrected chi connectivity index (χ2v) is 6.17. The number of carbonyl (C=O) groups excluding carboxylic acids is 4. The molecule has 1 aliphatic rings. The normalized spacial score (nSPS) is 14.7. The number of rotatable bonds is 6. The Morgan fingerprint density at radius 2 is 1.67 bits per heavy atom. The van der Waals surface area contributed by atoms with Crippen LogP contribution in [0, 0.1) is 5.41 Å². The van der Waals surface area contributed by atoms with Gasteiger partial charge in [-0.2, -0.15) is 0 Å². The summed E-state index contributed by atoms with van der Waals surface area (Å²) in [5.41, 5.74) is -0.392. The van der Waals surface area contributed by atoms with Gasteiger partial charge in [-0.25, -0.2) is 4.79 Å². The van der Waals surface area contributed by atoms with Gasteiger partial charge in [-0.3, -0.25) is 14.4 Å². The van der Waals surface area contributed by atoms with Crippen molar-refractivity contribution in [2.75, 3.05) is 0 Å². The maximum atomic E-state index is 12.1. The predicted octanol–water partition coefficient (Wildman–Crippen LogP) is 1.75. The molecule has 0 bridgehead atoms. The highest BCUT2D eigenvalue weighted by molar-refractivity contribution is 6.01. The largest absolute Gasteiger partial charge is 0.461 e. The quantitative estimate of drug-likeness (QED) is 0.582. The fraction of sp³-hybridized carbons (Fsp3) is 0.412. The van der Waals surface area contributed by atoms with Crippen molar-refractivity contribution in [3.63, 3.8) is 0 Å². The van der Waals surface area contributed by atoms with Crippen LogP contribution in [-0.4, -0.2) is 28.8 Å². The average Bonchev–Trinajstić information content (AvgIpc) is 2.85. The fourth-order valence-electron chi connectivity index (χ4n) is 2.09. The third-order valence-electron chi connectivity index (χ3n) is 3.56. The van der Waals surface area contributed by atoms with E-state index >= 15 is 0 Å². The van der Waals surface area contributed by atoms with Gasteiger partial charge in [-0.05, 0) is 19.4 Å². The van der Waals surface area contributed by atoms with E-state index in [9.17, 15) is 19.2 Å². The molecule has 1 aromatic rings. The second-order valence-electron chi connectivity index (χ2n) is 6.17. The number of esters is 1. The molecular formula is C17H19NO6. The molecule has 7 heteroatoms. The molecule has 0 aliphatic carbocycles. The Morgan fingerprint density at radius 1 is 1.08 bits per heavy atom. The van der Waals surface area contributed by atoms with Gasteiger partial charge in [0, 0.05) is 12.8 Å². The van der Waals surface area contributed by atoms with Crippen LogP contribution in [0.5, 0.6) is 0 Å². The number of hydrogen-bond acceptors (Lipinski definition) is 6. The minimum atomic E-state index is -1.23. The predicted molar refractivity (Wildman–Crippen MR) is 81.8 cm³/mol. The number of hydrogen-bond donors (Lipinski definition) is 0. The Hall–Kier alpha value is -2.70. The van der Waals surface area contributed by atoms with Crippen LogP contribution in [0.25, 0.3) is 0 Å². The summed E-state index contributed by atoms with van der Waals surface area (Å²) in [4.78, 5) is 51.9. The molecule has 1 saturated heterocycles. The number of amides is 2. The van der Waals surface area contributed by atoms with Crippen molar-refractivity contribution in [2.24, 2.45) is 5.41 Å². The van der Waals surface area contributed by atoms with Gasteiger partial charge in [-0.15, -0.1) is 5.06 Å². The lowest BCUT2D eigenvalue weighted by Crippen LogP contribution is -2.38. The summed E-state index contributed by atoms with van der Waals surface area (Å²) in [6, 6.07) is 9.14. The topological polar surface area (TPSA) is 90.0 Å². The smallest absolute Gasteiger partial charge is 0.339 e. The molecule has 24 heavy (non-hydrogen) atoms. The summed E-state index contributed by atoms with van der Waals surface area (Å²) in [6.07, 6.45) is -0.188. The van der Waals surface area contributed by atoms with E-state index in [1.807, 2.05) is 30.3 Å². The van der Waals surface area contributed by atoms with Gasteiger partial charge in [0.15, 0.2) is 0 Å². The minimum Gasteiger partial charge on any atom is -0.461 e. The lowest BCUT2D eigenvalue weighted by Gasteiger charge is -2.23. The maximum Gasteiger partial charge on any atom is 0.339 e. The molecular weight excluding hydrogens is 314 g/mol. The zero-order chi connectivity index (χ0) is 17.7. The van der Waals surface area contributed by atoms with E-state index in [1.54, 1.807) is 0 Å². The van der Waals surface area contributed by atoms with Crippen molar-refractivity contribution in [2.45, 2.75) is 39.7 Å². The van der Waals surface area contributed by atoms with Gasteiger partial charge < -0.3 is 9.57 Å². The monoisotopic (exact) mass is 333 g/mol. The summed E-state index contributed by atoms with van der Waals surface area (Å²) in [5.74, 6) is -2.52. The van der Waals surface area contributed by atoms with Crippen molar-refractivity contribution in [3.8, 4) is 0 Å². The molecule has 1 heterocycles. The van der Waals surface area contributed by atoms with Crippen LogP contribution >= 0.6 is 0 Å². The summed E-state index contributed by atoms with van der Waals surface area (Å²) < 4.78 is 5.13. The van der Waals surface area contributed by atoms with Gasteiger partial charge in [0.05, 0.1) is 11.8 Å². The van der Waals surface area contributed by atoms with Crippen LogP contribution < -0.4 is 0 Å². The van der Waals surface area contributed by atoms with Gasteiger partial charge in [-0.1, -0.05) is 30.3 Å². The van der Waals surface area contributed by atoms with Crippen molar-refractivity contribution < 1.29 is 28.8 Å². The molecule has 0 aromatic heterocycles. The lowest BCUT2D eigenvalue weighted by molar-refractivity contribution is -0.204. The van der Waals surface area contributed by atoms with Gasteiger partial charge >= 0.3 is 11.9 Å². The standard InChI is InChI=1S/C17H19NO6/c1-17(2,16(22)24-18-13(19)8-9-14(18)20)10-15(21)23-11-12-6-4-3-5-7-12/h3-7H,8-11H2,1-2H3. The summed E-state index contributed by atoms with van der Waals surface area (Å²) in [5, 5.41) is 0.472. The number of ether oxygens (including phenoxy) is 1. The van der Waals surface area contributed by atoms with Crippen LogP contribution in [0.4, 0.5) is 0 Å². The second kappa shape index (κ2) is 7.25. The summed E-state index contributed by atoms with van der Waals surface area (Å²) in [7, 11) is 0. The highest BCUT2D eigenvalue weighted by Crippen LogP contribution is 2.25. The minimum absolute atomic E-state index is 0.0195. The van der Waals surface area contributed by atoms with Crippen molar-refractivity contribution in [1.82, 2.24) is 5.06 Å². The number of hydroxylamine groups is 2. The first kappa shape index (κ1) is 17.7. The van der Waals surface area contributed by atoms with E-state index in [1.165, 1.54) is 13.8 Å². The highest BCUT2D eigenvalue weighted by atomic mass is 16.7. The maximum absolute atomic E-state index is 12.1. The Labute approximate surface area is 139 Å². The van der Waals surface area contributed by atoms with Crippen LogP contribution in [0.1, 0.15) is 38.7 Å². The number of imide groups is 1. The number of carbonyl (C=O) groups is 4. The first-order valence-electron chi connectivity index (χ1n) is 7.57. The average molecular weight is 333 g/mol. The van der Waals surface area contributed by atoms with E-state index in [0.717, 1.165) is 5.56 Å². The molecule has 1 aliphatic heterocycles. The molecule has 2 amide bonds. The Morgan fingerprint density at radius 3 is 2.25 bits per heavy atom. The molecule has 1 aromatic carbocycles. The summed E-state index contributed by atoms with van der Waals surface area (Å²) in [6.45, 7) is 3.09. The van der Waals surface area contributed by atoms with Gasteiger partial charge in [0.25, 0.3) is 11.8 Å². The Balaban J connectivity index is 1.87. The van der Waals surface area contributed by atoms with Crippen molar-refractivity contribution in [3.05, 3.63) is 35.9 Å². The molecule has 0 N–H and O–H groups in total. The molecule has 128 valence electrons. The van der Waals surface area contributed by atoms with E-state index in [4.69, 9.17) is 9.57 Å². The van der Waals surface area contributed by atoms with Crippen LogP contribution in [-0.2, 0) is 35.4 Å². The van der Waals surface area contributed by atoms with E-state index < -0.39 is 29.2 Å². The van der Waals surface area contributed by atoms with Gasteiger partial charge in [0.2, 0.25) is 0 Å². The van der Waals surface area contributed by atoms with Crippen molar-refractivity contribution in [1.29, 1.82) is 0 Å². The lowest BCUT2D eigenvalue weighted by atomic mass is 9.90. The molecule has 0 spiro atoms.